The van der Waals surface area contributed by atoms with Crippen LogP contribution in [0.1, 0.15) is 6.42 Å². The van der Waals surface area contributed by atoms with E-state index in [9.17, 15) is 12.8 Å². The van der Waals surface area contributed by atoms with Crippen LogP contribution < -0.4 is 9.64 Å². The molecule has 0 aliphatic carbocycles. The first kappa shape index (κ1) is 18.9. The first-order chi connectivity index (χ1) is 12.4. The Hall–Kier alpha value is -1.90. The van der Waals surface area contributed by atoms with Crippen molar-refractivity contribution in [3.05, 3.63) is 41.3 Å². The highest BCUT2D eigenvalue weighted by Crippen LogP contribution is 2.44. The van der Waals surface area contributed by atoms with Crippen molar-refractivity contribution in [2.24, 2.45) is 0 Å². The largest absolute Gasteiger partial charge is 0.437 e. The Labute approximate surface area is 156 Å². The molecule has 0 bridgehead atoms. The molecule has 0 unspecified atom stereocenters. The van der Waals surface area contributed by atoms with Gasteiger partial charge in [-0.1, -0.05) is 29.8 Å². The molecule has 1 aliphatic heterocycles. The molecule has 0 saturated heterocycles. The maximum atomic E-state index is 14.2. The Morgan fingerprint density at radius 1 is 1.31 bits per heavy atom. The molecule has 1 aromatic carbocycles. The third kappa shape index (κ3) is 3.77. The van der Waals surface area contributed by atoms with Crippen LogP contribution in [0.25, 0.3) is 0 Å². The molecule has 0 spiro atoms. The molecule has 6 nitrogen and oxygen atoms in total. The van der Waals surface area contributed by atoms with Crippen molar-refractivity contribution >= 4 is 27.1 Å². The zero-order valence-corrected chi connectivity index (χ0v) is 15.7. The molecule has 0 radical (unpaired) electrons. The van der Waals surface area contributed by atoms with Crippen molar-refractivity contribution in [1.29, 1.82) is 0 Å². The predicted molar refractivity (Wildman–Crippen MR) is 96.5 cm³/mol. The molecule has 9 heteroatoms. The first-order valence-corrected chi connectivity index (χ1v) is 10.1. The fourth-order valence-corrected chi connectivity index (χ4v) is 4.81. The smallest absolute Gasteiger partial charge is 0.247 e. The van der Waals surface area contributed by atoms with E-state index in [4.69, 9.17) is 21.1 Å². The van der Waals surface area contributed by atoms with Gasteiger partial charge in [0.05, 0.1) is 5.75 Å². The van der Waals surface area contributed by atoms with Crippen LogP contribution in [0.2, 0.25) is 5.02 Å². The normalized spacial score (nSPS) is 15.6. The quantitative estimate of drug-likeness (QED) is 0.547. The Morgan fingerprint density at radius 3 is 2.73 bits per heavy atom. The van der Waals surface area contributed by atoms with E-state index >= 15 is 0 Å². The fourth-order valence-electron chi connectivity index (χ4n) is 2.79. The summed E-state index contributed by atoms with van der Waals surface area (Å²) in [5.74, 6) is -0.919. The summed E-state index contributed by atoms with van der Waals surface area (Å²) in [5.41, 5.74) is 0.197. The molecular weight excluding hydrogens is 383 g/mol. The van der Waals surface area contributed by atoms with Crippen molar-refractivity contribution in [2.75, 3.05) is 37.5 Å². The van der Waals surface area contributed by atoms with Crippen LogP contribution in [-0.4, -0.2) is 46.0 Å². The summed E-state index contributed by atoms with van der Waals surface area (Å²) in [5, 5.41) is -0.503. The van der Waals surface area contributed by atoms with E-state index in [-0.39, 0.29) is 28.8 Å². The number of sulfone groups is 1. The number of pyridine rings is 1. The number of para-hydroxylation sites is 1. The van der Waals surface area contributed by atoms with Crippen LogP contribution in [0, 0.1) is 5.95 Å². The zero-order valence-electron chi connectivity index (χ0n) is 14.1. The van der Waals surface area contributed by atoms with Crippen LogP contribution in [0.5, 0.6) is 11.6 Å². The van der Waals surface area contributed by atoms with E-state index < -0.39 is 20.8 Å². The molecular formula is C17H18ClFN2O4S. The number of fused-ring (bicyclic) bond motifs is 1. The minimum Gasteiger partial charge on any atom is -0.437 e. The minimum absolute atomic E-state index is 0.117. The monoisotopic (exact) mass is 400 g/mol. The third-order valence-electron chi connectivity index (χ3n) is 3.99. The summed E-state index contributed by atoms with van der Waals surface area (Å²) in [4.78, 5) is 5.30. The molecule has 0 atom stereocenters. The van der Waals surface area contributed by atoms with Gasteiger partial charge in [-0.05, 0) is 18.6 Å². The Balaban J connectivity index is 2.11. The summed E-state index contributed by atoms with van der Waals surface area (Å²) < 4.78 is 50.0. The van der Waals surface area contributed by atoms with Gasteiger partial charge < -0.3 is 14.4 Å². The lowest BCUT2D eigenvalue weighted by Crippen LogP contribution is -2.37. The second-order valence-corrected chi connectivity index (χ2v) is 8.19. The predicted octanol–water partition coefficient (Wildman–Crippen LogP) is 3.30. The molecule has 1 aliphatic rings. The van der Waals surface area contributed by atoms with Crippen LogP contribution in [0.15, 0.2) is 35.2 Å². The van der Waals surface area contributed by atoms with Gasteiger partial charge in [0.25, 0.3) is 0 Å². The zero-order chi connectivity index (χ0) is 18.7. The SMILES string of the molecule is COCCCN1CCS(=O)(=O)c2c(Cl)c(F)nc(Oc3ccccc3)c21. The second-order valence-electron chi connectivity index (χ2n) is 5.77. The minimum atomic E-state index is -3.74. The van der Waals surface area contributed by atoms with E-state index in [0.717, 1.165) is 0 Å². The maximum absolute atomic E-state index is 14.2. The van der Waals surface area contributed by atoms with Crippen molar-refractivity contribution in [2.45, 2.75) is 11.3 Å². The first-order valence-electron chi connectivity index (χ1n) is 8.02. The highest BCUT2D eigenvalue weighted by atomic mass is 35.5. The number of nitrogens with zero attached hydrogens (tertiary/aromatic N) is 2. The van der Waals surface area contributed by atoms with E-state index in [0.29, 0.717) is 25.3 Å². The van der Waals surface area contributed by atoms with Crippen LogP contribution in [0.4, 0.5) is 10.1 Å². The van der Waals surface area contributed by atoms with E-state index in [2.05, 4.69) is 4.98 Å². The number of hydrogen-bond donors (Lipinski definition) is 0. The molecule has 1 aromatic heterocycles. The number of benzene rings is 1. The van der Waals surface area contributed by atoms with Gasteiger partial charge in [-0.2, -0.15) is 9.37 Å². The summed E-state index contributed by atoms with van der Waals surface area (Å²) in [7, 11) is -2.15. The molecule has 3 rings (SSSR count). The van der Waals surface area contributed by atoms with E-state index in [1.807, 2.05) is 0 Å². The van der Waals surface area contributed by atoms with Crippen molar-refractivity contribution in [3.8, 4) is 11.6 Å². The third-order valence-corrected chi connectivity index (χ3v) is 6.19. The Morgan fingerprint density at radius 2 is 2.04 bits per heavy atom. The molecule has 26 heavy (non-hydrogen) atoms. The van der Waals surface area contributed by atoms with Crippen LogP contribution >= 0.6 is 11.6 Å². The van der Waals surface area contributed by atoms with Crippen LogP contribution in [0.3, 0.4) is 0 Å². The van der Waals surface area contributed by atoms with Crippen LogP contribution in [-0.2, 0) is 14.6 Å². The molecule has 0 saturated carbocycles. The second kappa shape index (κ2) is 7.77. The van der Waals surface area contributed by atoms with Crippen molar-refractivity contribution < 1.29 is 22.3 Å². The van der Waals surface area contributed by atoms with Gasteiger partial charge in [-0.15, -0.1) is 0 Å². The standard InChI is InChI=1S/C17H18ClFN2O4S/c1-24-10-5-8-21-9-11-26(22,23)15-13(18)16(19)20-17(14(15)21)25-12-6-3-2-4-7-12/h2-4,6-7H,5,8-11H2,1H3. The lowest BCUT2D eigenvalue weighted by atomic mass is 10.3. The van der Waals surface area contributed by atoms with Gasteiger partial charge in [0, 0.05) is 26.8 Å². The molecule has 2 heterocycles. The number of ether oxygens (including phenoxy) is 2. The average Bonchev–Trinajstić information content (AvgIpc) is 2.61. The molecule has 0 N–H and O–H groups in total. The number of halogens is 2. The van der Waals surface area contributed by atoms with Gasteiger partial charge >= 0.3 is 0 Å². The van der Waals surface area contributed by atoms with E-state index in [1.165, 1.54) is 0 Å². The number of anilines is 1. The molecule has 2 aromatic rings. The lowest BCUT2D eigenvalue weighted by molar-refractivity contribution is 0.196. The van der Waals surface area contributed by atoms with Gasteiger partial charge in [0.1, 0.15) is 21.4 Å². The molecule has 0 fully saturated rings. The lowest BCUT2D eigenvalue weighted by Gasteiger charge is -2.32. The van der Waals surface area contributed by atoms with Gasteiger partial charge in [0.15, 0.2) is 9.84 Å². The number of methoxy groups -OCH3 is 1. The average molecular weight is 401 g/mol. The molecule has 0 amide bonds. The summed E-state index contributed by atoms with van der Waals surface area (Å²) in [6, 6.07) is 8.66. The Kier molecular flexibility index (Phi) is 5.64. The van der Waals surface area contributed by atoms with Crippen molar-refractivity contribution in [1.82, 2.24) is 4.98 Å². The highest BCUT2D eigenvalue weighted by molar-refractivity contribution is 7.91. The number of rotatable bonds is 6. The van der Waals surface area contributed by atoms with Gasteiger partial charge in [-0.25, -0.2) is 8.42 Å². The van der Waals surface area contributed by atoms with Gasteiger partial charge in [0.2, 0.25) is 11.8 Å². The topological polar surface area (TPSA) is 68.7 Å². The maximum Gasteiger partial charge on any atom is 0.247 e. The van der Waals surface area contributed by atoms with E-state index in [1.54, 1.807) is 42.3 Å². The summed E-state index contributed by atoms with van der Waals surface area (Å²) in [6.07, 6.45) is 0.662. The summed E-state index contributed by atoms with van der Waals surface area (Å²) >= 11 is 5.97. The van der Waals surface area contributed by atoms with Gasteiger partial charge in [-0.3, -0.25) is 0 Å². The highest BCUT2D eigenvalue weighted by Gasteiger charge is 2.36. The Bertz CT molecular complexity index is 893. The summed E-state index contributed by atoms with van der Waals surface area (Å²) in [6.45, 7) is 1.26. The molecule has 140 valence electrons. The number of aromatic nitrogens is 1. The fraction of sp³-hybridized carbons (Fsp3) is 0.353. The van der Waals surface area contributed by atoms with Crippen molar-refractivity contribution in [3.63, 3.8) is 0 Å². The number of hydrogen-bond acceptors (Lipinski definition) is 6.